The van der Waals surface area contributed by atoms with Gasteiger partial charge in [-0.05, 0) is 61.9 Å². The van der Waals surface area contributed by atoms with Gasteiger partial charge in [-0.2, -0.15) is 18.4 Å². The topological polar surface area (TPSA) is 101 Å². The lowest BCUT2D eigenvalue weighted by Crippen LogP contribution is -2.26. The van der Waals surface area contributed by atoms with Crippen molar-refractivity contribution in [3.8, 4) is 0 Å². The van der Waals surface area contributed by atoms with Crippen LogP contribution in [0.4, 0.5) is 4.39 Å². The molecule has 2 heterocycles. The number of aryl methyl sites for hydroxylation is 1. The largest absolute Gasteiger partial charge is 0.455 e. The number of thiophene rings is 1. The van der Waals surface area contributed by atoms with E-state index in [0.717, 1.165) is 25.0 Å². The van der Waals surface area contributed by atoms with Crippen molar-refractivity contribution in [1.29, 1.82) is 0 Å². The smallest absolute Gasteiger partial charge is 0.287 e. The minimum Gasteiger partial charge on any atom is -0.455 e. The van der Waals surface area contributed by atoms with E-state index in [1.807, 2.05) is 17.5 Å². The molecule has 0 fully saturated rings. The summed E-state index contributed by atoms with van der Waals surface area (Å²) < 4.78 is 43.9. The number of nitrogens with zero attached hydrogens (tertiary/aromatic N) is 1. The minimum atomic E-state index is -3.95. The van der Waals surface area contributed by atoms with Crippen molar-refractivity contribution in [2.24, 2.45) is 5.10 Å². The number of hydrogen-bond donors (Lipinski definition) is 2. The zero-order valence-electron chi connectivity index (χ0n) is 17.4. The first-order valence-electron chi connectivity index (χ1n) is 10.1. The number of benzene rings is 1. The second-order valence-corrected chi connectivity index (χ2v) is 10.1. The Bertz CT molecular complexity index is 1250. The highest BCUT2D eigenvalue weighted by atomic mass is 32.2. The molecule has 1 aromatic carbocycles. The van der Waals surface area contributed by atoms with E-state index in [9.17, 15) is 17.6 Å². The summed E-state index contributed by atoms with van der Waals surface area (Å²) in [6.07, 6.45) is 2.64. The van der Waals surface area contributed by atoms with Crippen LogP contribution in [0.5, 0.6) is 0 Å². The molecule has 3 aromatic rings. The van der Waals surface area contributed by atoms with E-state index >= 15 is 0 Å². The van der Waals surface area contributed by atoms with Crippen LogP contribution in [0.2, 0.25) is 0 Å². The first-order chi connectivity index (χ1) is 15.3. The molecule has 0 bridgehead atoms. The van der Waals surface area contributed by atoms with E-state index in [-0.39, 0.29) is 16.6 Å². The maximum atomic E-state index is 13.1. The fourth-order valence-electron chi connectivity index (χ4n) is 3.61. The lowest BCUT2D eigenvalue weighted by Gasteiger charge is -2.14. The van der Waals surface area contributed by atoms with Crippen molar-refractivity contribution < 1.29 is 22.0 Å². The first-order valence-corrected chi connectivity index (χ1v) is 12.5. The van der Waals surface area contributed by atoms with Crippen LogP contribution in [0.1, 0.15) is 45.2 Å². The Balaban J connectivity index is 1.51. The van der Waals surface area contributed by atoms with Gasteiger partial charge in [0.05, 0.1) is 10.6 Å². The Morgan fingerprint density at radius 2 is 2.00 bits per heavy atom. The molecule has 0 saturated carbocycles. The van der Waals surface area contributed by atoms with Gasteiger partial charge in [0.25, 0.3) is 15.9 Å². The molecule has 32 heavy (non-hydrogen) atoms. The van der Waals surface area contributed by atoms with Crippen LogP contribution in [0.15, 0.2) is 56.2 Å². The molecule has 0 unspecified atom stereocenters. The minimum absolute atomic E-state index is 0.0889. The SMILES string of the molecule is Cc1c(C(=O)NCCc2cccs2)oc2c1/C(=N/NS(=O)(=O)c1ccc(F)cc1)CCC2. The summed E-state index contributed by atoms with van der Waals surface area (Å²) in [7, 11) is -3.95. The summed E-state index contributed by atoms with van der Waals surface area (Å²) in [5.74, 6) is 0.0103. The van der Waals surface area contributed by atoms with E-state index < -0.39 is 15.8 Å². The van der Waals surface area contributed by atoms with Gasteiger partial charge in [-0.1, -0.05) is 6.07 Å². The Labute approximate surface area is 189 Å². The van der Waals surface area contributed by atoms with Gasteiger partial charge in [0.2, 0.25) is 0 Å². The molecular weight excluding hydrogens is 453 g/mol. The van der Waals surface area contributed by atoms with E-state index in [2.05, 4.69) is 15.2 Å². The third-order valence-electron chi connectivity index (χ3n) is 5.19. The lowest BCUT2D eigenvalue weighted by molar-refractivity contribution is 0.0923. The highest BCUT2D eigenvalue weighted by molar-refractivity contribution is 7.89. The van der Waals surface area contributed by atoms with Gasteiger partial charge in [0.15, 0.2) is 5.76 Å². The zero-order chi connectivity index (χ0) is 22.7. The zero-order valence-corrected chi connectivity index (χ0v) is 19.0. The Morgan fingerprint density at radius 3 is 2.72 bits per heavy atom. The van der Waals surface area contributed by atoms with Crippen LogP contribution >= 0.6 is 11.3 Å². The second kappa shape index (κ2) is 9.25. The van der Waals surface area contributed by atoms with Crippen molar-refractivity contribution >= 4 is 33.0 Å². The highest BCUT2D eigenvalue weighted by Gasteiger charge is 2.28. The van der Waals surface area contributed by atoms with Gasteiger partial charge in [0, 0.05) is 29.0 Å². The van der Waals surface area contributed by atoms with Gasteiger partial charge >= 0.3 is 0 Å². The van der Waals surface area contributed by atoms with Gasteiger partial charge in [0.1, 0.15) is 11.6 Å². The molecule has 2 aromatic heterocycles. The number of carbonyl (C=O) groups is 1. The average molecular weight is 476 g/mol. The molecule has 0 spiro atoms. The molecule has 0 saturated heterocycles. The number of fused-ring (bicyclic) bond motifs is 1. The quantitative estimate of drug-likeness (QED) is 0.508. The molecule has 2 N–H and O–H groups in total. The van der Waals surface area contributed by atoms with Crippen LogP contribution in [-0.2, 0) is 22.9 Å². The molecule has 168 valence electrons. The number of hydrazone groups is 1. The maximum absolute atomic E-state index is 13.1. The number of rotatable bonds is 7. The van der Waals surface area contributed by atoms with E-state index in [1.54, 1.807) is 18.3 Å². The third-order valence-corrected chi connectivity index (χ3v) is 7.35. The summed E-state index contributed by atoms with van der Waals surface area (Å²) >= 11 is 1.64. The summed E-state index contributed by atoms with van der Waals surface area (Å²) in [5, 5.41) is 8.99. The summed E-state index contributed by atoms with van der Waals surface area (Å²) in [6, 6.07) is 8.48. The highest BCUT2D eigenvalue weighted by Crippen LogP contribution is 2.30. The van der Waals surface area contributed by atoms with Crippen LogP contribution in [0, 0.1) is 12.7 Å². The van der Waals surface area contributed by atoms with Crippen LogP contribution < -0.4 is 10.1 Å². The number of amides is 1. The molecule has 1 aliphatic rings. The fraction of sp³-hybridized carbons (Fsp3) is 0.273. The molecule has 7 nitrogen and oxygen atoms in total. The van der Waals surface area contributed by atoms with Gasteiger partial charge in [-0.25, -0.2) is 4.39 Å². The normalized spacial score (nSPS) is 14.9. The molecule has 10 heteroatoms. The van der Waals surface area contributed by atoms with Crippen molar-refractivity contribution in [3.05, 3.63) is 75.1 Å². The second-order valence-electron chi connectivity index (χ2n) is 7.40. The van der Waals surface area contributed by atoms with E-state index in [4.69, 9.17) is 4.42 Å². The fourth-order valence-corrected chi connectivity index (χ4v) is 5.15. The molecule has 0 aliphatic heterocycles. The number of nitrogens with one attached hydrogen (secondary N) is 2. The standard InChI is InChI=1S/C22H22FN3O4S2/c1-14-20-18(25-26-32(28,29)17-9-7-15(23)8-10-17)5-2-6-19(20)30-21(14)22(27)24-12-11-16-4-3-13-31-16/h3-4,7-10,13,26H,2,5-6,11-12H2,1H3,(H,24,27)/b25-18+. The van der Waals surface area contributed by atoms with Gasteiger partial charge in [-0.15, -0.1) is 11.3 Å². The summed E-state index contributed by atoms with van der Waals surface area (Å²) in [6.45, 7) is 2.26. The predicted octanol–water partition coefficient (Wildman–Crippen LogP) is 3.78. The lowest BCUT2D eigenvalue weighted by atomic mass is 9.93. The van der Waals surface area contributed by atoms with Crippen LogP contribution in [0.25, 0.3) is 0 Å². The van der Waals surface area contributed by atoms with Crippen molar-refractivity contribution in [2.75, 3.05) is 6.54 Å². The molecule has 0 radical (unpaired) electrons. The maximum Gasteiger partial charge on any atom is 0.287 e. The van der Waals surface area contributed by atoms with Crippen molar-refractivity contribution in [1.82, 2.24) is 10.1 Å². The monoisotopic (exact) mass is 475 g/mol. The number of furan rings is 1. The molecule has 0 atom stereocenters. The van der Waals surface area contributed by atoms with Gasteiger partial charge in [-0.3, -0.25) is 4.79 Å². The number of hydrogen-bond acceptors (Lipinski definition) is 6. The average Bonchev–Trinajstić information content (AvgIpc) is 3.41. The first kappa shape index (κ1) is 22.2. The van der Waals surface area contributed by atoms with Gasteiger partial charge < -0.3 is 9.73 Å². The van der Waals surface area contributed by atoms with Crippen LogP contribution in [-0.4, -0.2) is 26.6 Å². The third kappa shape index (κ3) is 4.76. The Morgan fingerprint density at radius 1 is 1.22 bits per heavy atom. The molecular formula is C22H22FN3O4S2. The predicted molar refractivity (Wildman–Crippen MR) is 120 cm³/mol. The summed E-state index contributed by atoms with van der Waals surface area (Å²) in [4.78, 5) is 16.0. The number of carbonyl (C=O) groups excluding carboxylic acids is 1. The van der Waals surface area contributed by atoms with Crippen LogP contribution in [0.3, 0.4) is 0 Å². The molecule has 4 rings (SSSR count). The Hall–Kier alpha value is -2.98. The molecule has 1 aliphatic carbocycles. The summed E-state index contributed by atoms with van der Waals surface area (Å²) in [5.41, 5.74) is 1.81. The Kier molecular flexibility index (Phi) is 6.43. The van der Waals surface area contributed by atoms with Crippen molar-refractivity contribution in [2.45, 2.75) is 37.5 Å². The number of sulfonamides is 1. The van der Waals surface area contributed by atoms with E-state index in [0.29, 0.717) is 42.0 Å². The van der Waals surface area contributed by atoms with Crippen molar-refractivity contribution in [3.63, 3.8) is 0 Å². The van der Waals surface area contributed by atoms with E-state index in [1.165, 1.54) is 17.0 Å². The molecule has 1 amide bonds. The number of halogens is 1.